The first-order chi connectivity index (χ1) is 23.7. The van der Waals surface area contributed by atoms with Gasteiger partial charge in [-0.15, -0.1) is 22.7 Å². The van der Waals surface area contributed by atoms with Crippen LogP contribution in [-0.4, -0.2) is 69.3 Å². The van der Waals surface area contributed by atoms with Crippen molar-refractivity contribution in [1.29, 1.82) is 0 Å². The molecular formula is C38H39N5O4S2. The van der Waals surface area contributed by atoms with Gasteiger partial charge >= 0.3 is 5.97 Å². The Bertz CT molecular complexity index is 2180. The van der Waals surface area contributed by atoms with Crippen LogP contribution in [0.5, 0.6) is 0 Å². The van der Waals surface area contributed by atoms with Gasteiger partial charge in [0.25, 0.3) is 0 Å². The number of thiophene rings is 1. The van der Waals surface area contributed by atoms with Crippen molar-refractivity contribution in [2.75, 3.05) is 32.8 Å². The fraction of sp³-hybridized carbons (Fsp3) is 0.316. The van der Waals surface area contributed by atoms with Gasteiger partial charge < -0.3 is 24.6 Å². The molecule has 49 heavy (non-hydrogen) atoms. The fourth-order valence-corrected chi connectivity index (χ4v) is 8.76. The Hall–Kier alpha value is -4.42. The average molecular weight is 694 g/mol. The van der Waals surface area contributed by atoms with Crippen molar-refractivity contribution in [3.8, 4) is 33.0 Å². The van der Waals surface area contributed by atoms with Gasteiger partial charge in [0.15, 0.2) is 0 Å². The highest BCUT2D eigenvalue weighted by Gasteiger charge is 2.30. The molecule has 2 aromatic carbocycles. The van der Waals surface area contributed by atoms with Crippen LogP contribution in [-0.2, 0) is 22.6 Å². The number of aromatic nitrogens is 3. The van der Waals surface area contributed by atoms with Gasteiger partial charge in [0.1, 0.15) is 11.4 Å². The van der Waals surface area contributed by atoms with E-state index >= 15 is 0 Å². The molecular weight excluding hydrogens is 655 g/mol. The third-order valence-corrected chi connectivity index (χ3v) is 11.2. The zero-order valence-electron chi connectivity index (χ0n) is 28.1. The monoisotopic (exact) mass is 693 g/mol. The number of nitrogens with zero attached hydrogens (tertiary/aromatic N) is 4. The maximum absolute atomic E-state index is 14.0. The lowest BCUT2D eigenvalue weighted by molar-refractivity contribution is -0.135. The number of hydrogen-bond acceptors (Lipinski definition) is 8. The topological polar surface area (TPSA) is 110 Å². The molecule has 1 fully saturated rings. The van der Waals surface area contributed by atoms with Crippen molar-refractivity contribution < 1.29 is 19.4 Å². The zero-order valence-corrected chi connectivity index (χ0v) is 29.7. The Kier molecular flexibility index (Phi) is 9.34. The standard InChI is InChI=1S/C38H39N5O4S2/c1-22(2)19-39-20-28-34-37(49-36(28)38(45)46)32(25-8-6-5-7-9-25)33(43(34)21-31(44)42-14-16-47-17-15-42)27-11-12-29-26(18-27)10-13-30(41-29)35-23(3)40-24(4)48-35/h5-13,18,22,39H,14-17,19-21H2,1-4H3,(H,45,46). The van der Waals surface area contributed by atoms with E-state index in [-0.39, 0.29) is 12.5 Å². The van der Waals surface area contributed by atoms with Gasteiger partial charge in [0.2, 0.25) is 5.91 Å². The highest BCUT2D eigenvalue weighted by atomic mass is 32.1. The van der Waals surface area contributed by atoms with E-state index in [1.54, 1.807) is 11.3 Å². The second-order valence-corrected chi connectivity index (χ2v) is 15.1. The van der Waals surface area contributed by atoms with E-state index in [0.29, 0.717) is 49.2 Å². The van der Waals surface area contributed by atoms with E-state index in [1.807, 2.05) is 49.1 Å². The predicted molar refractivity (Wildman–Crippen MR) is 197 cm³/mol. The van der Waals surface area contributed by atoms with Crippen molar-refractivity contribution in [3.05, 3.63) is 81.8 Å². The smallest absolute Gasteiger partial charge is 0.346 e. The number of aryl methyl sites for hydroxylation is 2. The van der Waals surface area contributed by atoms with Crippen molar-refractivity contribution in [2.24, 2.45) is 5.92 Å². The van der Waals surface area contributed by atoms with Gasteiger partial charge in [-0.25, -0.2) is 14.8 Å². The summed E-state index contributed by atoms with van der Waals surface area (Å²) in [6, 6.07) is 20.4. The summed E-state index contributed by atoms with van der Waals surface area (Å²) >= 11 is 2.93. The number of rotatable bonds is 10. The SMILES string of the molecule is Cc1nc(C)c(-c2ccc3cc(-c4c(-c5ccccc5)c5sc(C(=O)O)c(CNCC(C)C)c5n4CC(=O)N4CCOCC4)ccc3n2)s1. The second kappa shape index (κ2) is 13.8. The molecule has 7 rings (SSSR count). The van der Waals surface area contributed by atoms with Gasteiger partial charge in [0.05, 0.1) is 55.9 Å². The van der Waals surface area contributed by atoms with Crippen molar-refractivity contribution >= 4 is 55.7 Å². The number of carbonyl (C=O) groups excluding carboxylic acids is 1. The van der Waals surface area contributed by atoms with E-state index < -0.39 is 5.97 Å². The molecule has 0 spiro atoms. The Balaban J connectivity index is 1.46. The van der Waals surface area contributed by atoms with E-state index in [0.717, 1.165) is 71.3 Å². The highest BCUT2D eigenvalue weighted by molar-refractivity contribution is 7.21. The molecule has 0 unspecified atom stereocenters. The van der Waals surface area contributed by atoms with Crippen LogP contribution in [0, 0.1) is 19.8 Å². The first kappa shape index (κ1) is 33.1. The van der Waals surface area contributed by atoms with Crippen LogP contribution in [0.2, 0.25) is 0 Å². The van der Waals surface area contributed by atoms with Crippen molar-refractivity contribution in [2.45, 2.75) is 40.8 Å². The van der Waals surface area contributed by atoms with Gasteiger partial charge in [0, 0.05) is 36.1 Å². The summed E-state index contributed by atoms with van der Waals surface area (Å²) in [7, 11) is 0. The number of morpholine rings is 1. The number of benzene rings is 2. The maximum Gasteiger partial charge on any atom is 0.346 e. The molecule has 6 aromatic rings. The predicted octanol–water partition coefficient (Wildman–Crippen LogP) is 7.63. The third-order valence-electron chi connectivity index (χ3n) is 8.85. The lowest BCUT2D eigenvalue weighted by Gasteiger charge is -2.27. The van der Waals surface area contributed by atoms with Gasteiger partial charge in [-0.3, -0.25) is 4.79 Å². The molecule has 5 heterocycles. The molecule has 0 bridgehead atoms. The van der Waals surface area contributed by atoms with E-state index in [2.05, 4.69) is 59.0 Å². The lowest BCUT2D eigenvalue weighted by Crippen LogP contribution is -2.42. The zero-order chi connectivity index (χ0) is 34.2. The Morgan fingerprint density at radius 1 is 0.980 bits per heavy atom. The van der Waals surface area contributed by atoms with Crippen LogP contribution >= 0.6 is 22.7 Å². The molecule has 2 N–H and O–H groups in total. The number of carboxylic acid groups (broad SMARTS) is 1. The lowest BCUT2D eigenvalue weighted by atomic mass is 9.99. The number of hydrogen-bond donors (Lipinski definition) is 2. The Morgan fingerprint density at radius 3 is 2.45 bits per heavy atom. The minimum absolute atomic E-state index is 0.0208. The molecule has 0 radical (unpaired) electrons. The normalized spacial score (nSPS) is 13.6. The van der Waals surface area contributed by atoms with Gasteiger partial charge in [-0.1, -0.05) is 56.3 Å². The number of pyridine rings is 1. The summed E-state index contributed by atoms with van der Waals surface area (Å²) in [5, 5.41) is 15.9. The van der Waals surface area contributed by atoms with Crippen LogP contribution in [0.3, 0.4) is 0 Å². The molecule has 1 aliphatic rings. The molecule has 1 saturated heterocycles. The second-order valence-electron chi connectivity index (χ2n) is 12.8. The third kappa shape index (κ3) is 6.51. The minimum Gasteiger partial charge on any atom is -0.477 e. The van der Waals surface area contributed by atoms with Crippen molar-refractivity contribution in [1.82, 2.24) is 24.8 Å². The van der Waals surface area contributed by atoms with E-state index in [4.69, 9.17) is 9.72 Å². The number of amides is 1. The van der Waals surface area contributed by atoms with E-state index in [1.165, 1.54) is 11.3 Å². The molecule has 1 amide bonds. The number of carbonyl (C=O) groups is 2. The van der Waals surface area contributed by atoms with Crippen LogP contribution in [0.4, 0.5) is 0 Å². The first-order valence-electron chi connectivity index (χ1n) is 16.6. The molecule has 1 aliphatic heterocycles. The number of thiazole rings is 1. The molecule has 0 saturated carbocycles. The molecule has 4 aromatic heterocycles. The first-order valence-corrected chi connectivity index (χ1v) is 18.2. The quantitative estimate of drug-likeness (QED) is 0.152. The summed E-state index contributed by atoms with van der Waals surface area (Å²) < 4.78 is 8.47. The summed E-state index contributed by atoms with van der Waals surface area (Å²) in [5.74, 6) is -0.594. The summed E-state index contributed by atoms with van der Waals surface area (Å²) in [6.07, 6.45) is 0. The molecule has 9 nitrogen and oxygen atoms in total. The van der Waals surface area contributed by atoms with Gasteiger partial charge in [-0.05, 0) is 55.6 Å². The molecule has 0 atom stereocenters. The number of fused-ring (bicyclic) bond motifs is 2. The van der Waals surface area contributed by atoms with Crippen LogP contribution in [0.1, 0.15) is 39.8 Å². The minimum atomic E-state index is -0.965. The van der Waals surface area contributed by atoms with Crippen LogP contribution in [0.25, 0.3) is 54.1 Å². The van der Waals surface area contributed by atoms with Crippen LogP contribution < -0.4 is 5.32 Å². The number of nitrogens with one attached hydrogen (secondary N) is 1. The summed E-state index contributed by atoms with van der Waals surface area (Å²) in [6.45, 7) is 11.5. The largest absolute Gasteiger partial charge is 0.477 e. The Morgan fingerprint density at radius 2 is 1.76 bits per heavy atom. The van der Waals surface area contributed by atoms with E-state index in [9.17, 15) is 14.7 Å². The highest BCUT2D eigenvalue weighted by Crippen LogP contribution is 2.47. The number of aromatic carboxylic acids is 1. The van der Waals surface area contributed by atoms with Crippen LogP contribution in [0.15, 0.2) is 60.7 Å². The average Bonchev–Trinajstić information content (AvgIpc) is 3.74. The fourth-order valence-electron chi connectivity index (χ4n) is 6.64. The van der Waals surface area contributed by atoms with Gasteiger partial charge in [-0.2, -0.15) is 0 Å². The number of carboxylic acids is 1. The number of ether oxygens (including phenoxy) is 1. The molecule has 0 aliphatic carbocycles. The Labute approximate surface area is 293 Å². The molecule has 252 valence electrons. The summed E-state index contributed by atoms with van der Waals surface area (Å²) in [4.78, 5) is 39.6. The van der Waals surface area contributed by atoms with Crippen molar-refractivity contribution in [3.63, 3.8) is 0 Å². The molecule has 11 heteroatoms. The maximum atomic E-state index is 14.0. The summed E-state index contributed by atoms with van der Waals surface area (Å²) in [5.41, 5.74) is 7.93.